The molecule has 0 spiro atoms. The van der Waals surface area contributed by atoms with Crippen molar-refractivity contribution in [2.75, 3.05) is 32.6 Å². The number of rotatable bonds is 3. The first kappa shape index (κ1) is 12.9. The normalized spacial score (nSPS) is 17.4. The van der Waals surface area contributed by atoms with Gasteiger partial charge in [-0.15, -0.1) is 0 Å². The molecular formula is C14H20N2O2. The van der Waals surface area contributed by atoms with E-state index in [0.717, 1.165) is 31.6 Å². The Morgan fingerprint density at radius 3 is 2.67 bits per heavy atom. The van der Waals surface area contributed by atoms with E-state index in [1.807, 2.05) is 18.2 Å². The van der Waals surface area contributed by atoms with Crippen LogP contribution in [0.15, 0.2) is 24.3 Å². The predicted octanol–water partition coefficient (Wildman–Crippen LogP) is 1.98. The van der Waals surface area contributed by atoms with E-state index in [0.29, 0.717) is 11.6 Å². The number of piperidine rings is 1. The molecule has 0 saturated carbocycles. The van der Waals surface area contributed by atoms with Gasteiger partial charge in [-0.1, -0.05) is 12.1 Å². The molecule has 2 rings (SSSR count). The summed E-state index contributed by atoms with van der Waals surface area (Å²) in [6.45, 7) is 2.19. The molecule has 1 fully saturated rings. The minimum absolute atomic E-state index is 0.286. The van der Waals surface area contributed by atoms with Crippen molar-refractivity contribution in [3.8, 4) is 0 Å². The highest BCUT2D eigenvalue weighted by Crippen LogP contribution is 2.20. The number of ether oxygens (including phenoxy) is 1. The molecule has 4 heteroatoms. The van der Waals surface area contributed by atoms with Crippen LogP contribution in [0.4, 0.5) is 5.69 Å². The van der Waals surface area contributed by atoms with Crippen LogP contribution in [0.25, 0.3) is 0 Å². The van der Waals surface area contributed by atoms with Crippen LogP contribution in [0, 0.1) is 0 Å². The first-order chi connectivity index (χ1) is 8.70. The number of esters is 1. The van der Waals surface area contributed by atoms with Crippen LogP contribution in [-0.2, 0) is 4.74 Å². The van der Waals surface area contributed by atoms with Gasteiger partial charge in [-0.05, 0) is 45.1 Å². The highest BCUT2D eigenvalue weighted by Gasteiger charge is 2.18. The number of anilines is 1. The lowest BCUT2D eigenvalue weighted by Gasteiger charge is -2.30. The molecule has 0 bridgehead atoms. The molecule has 1 aliphatic rings. The van der Waals surface area contributed by atoms with Crippen LogP contribution in [0.5, 0.6) is 0 Å². The zero-order valence-electron chi connectivity index (χ0n) is 11.0. The summed E-state index contributed by atoms with van der Waals surface area (Å²) in [5.74, 6) is -0.286. The van der Waals surface area contributed by atoms with Gasteiger partial charge in [0.15, 0.2) is 0 Å². The summed E-state index contributed by atoms with van der Waals surface area (Å²) in [5.41, 5.74) is 1.48. The second kappa shape index (κ2) is 5.87. The first-order valence-corrected chi connectivity index (χ1v) is 6.33. The summed E-state index contributed by atoms with van der Waals surface area (Å²) >= 11 is 0. The number of nitrogens with zero attached hydrogens (tertiary/aromatic N) is 1. The predicted molar refractivity (Wildman–Crippen MR) is 71.9 cm³/mol. The fourth-order valence-corrected chi connectivity index (χ4v) is 2.27. The van der Waals surface area contributed by atoms with Crippen molar-refractivity contribution in [2.45, 2.75) is 18.9 Å². The number of para-hydroxylation sites is 1. The molecule has 1 N–H and O–H groups in total. The van der Waals surface area contributed by atoms with Crippen molar-refractivity contribution in [2.24, 2.45) is 0 Å². The smallest absolute Gasteiger partial charge is 0.339 e. The van der Waals surface area contributed by atoms with Crippen LogP contribution in [0.3, 0.4) is 0 Å². The Morgan fingerprint density at radius 1 is 1.33 bits per heavy atom. The molecule has 1 aliphatic heterocycles. The quantitative estimate of drug-likeness (QED) is 0.830. The Hall–Kier alpha value is -1.55. The van der Waals surface area contributed by atoms with E-state index < -0.39 is 0 Å². The van der Waals surface area contributed by atoms with E-state index in [1.165, 1.54) is 7.11 Å². The number of carbonyl (C=O) groups is 1. The van der Waals surface area contributed by atoms with Crippen molar-refractivity contribution in [1.29, 1.82) is 0 Å². The summed E-state index contributed by atoms with van der Waals surface area (Å²) < 4.78 is 4.80. The highest BCUT2D eigenvalue weighted by atomic mass is 16.5. The lowest BCUT2D eigenvalue weighted by atomic mass is 10.0. The van der Waals surface area contributed by atoms with Crippen molar-refractivity contribution < 1.29 is 9.53 Å². The number of methoxy groups -OCH3 is 1. The van der Waals surface area contributed by atoms with Crippen molar-refractivity contribution in [3.63, 3.8) is 0 Å². The van der Waals surface area contributed by atoms with Gasteiger partial charge in [0.2, 0.25) is 0 Å². The highest BCUT2D eigenvalue weighted by molar-refractivity contribution is 5.95. The maximum absolute atomic E-state index is 11.7. The maximum Gasteiger partial charge on any atom is 0.339 e. The fraction of sp³-hybridized carbons (Fsp3) is 0.500. The molecule has 18 heavy (non-hydrogen) atoms. The van der Waals surface area contributed by atoms with Crippen molar-refractivity contribution in [3.05, 3.63) is 29.8 Å². The average Bonchev–Trinajstić information content (AvgIpc) is 2.41. The molecule has 0 unspecified atom stereocenters. The van der Waals surface area contributed by atoms with E-state index >= 15 is 0 Å². The molecule has 1 aromatic rings. The largest absolute Gasteiger partial charge is 0.465 e. The third-order valence-corrected chi connectivity index (χ3v) is 3.41. The van der Waals surface area contributed by atoms with Crippen molar-refractivity contribution in [1.82, 2.24) is 4.90 Å². The molecule has 98 valence electrons. The molecular weight excluding hydrogens is 228 g/mol. The standard InChI is InChI=1S/C14H20N2O2/c1-16-9-7-11(8-10-16)15-13-6-4-3-5-12(13)14(17)18-2/h3-6,11,15H,7-10H2,1-2H3. The Morgan fingerprint density at radius 2 is 2.00 bits per heavy atom. The van der Waals surface area contributed by atoms with E-state index in [-0.39, 0.29) is 5.97 Å². The zero-order valence-corrected chi connectivity index (χ0v) is 11.0. The average molecular weight is 248 g/mol. The van der Waals surface area contributed by atoms with Gasteiger partial charge in [0, 0.05) is 11.7 Å². The van der Waals surface area contributed by atoms with Gasteiger partial charge in [-0.25, -0.2) is 4.79 Å². The van der Waals surface area contributed by atoms with Crippen molar-refractivity contribution >= 4 is 11.7 Å². The molecule has 1 heterocycles. The summed E-state index contributed by atoms with van der Waals surface area (Å²) in [6.07, 6.45) is 2.21. The molecule has 0 aliphatic carbocycles. The monoisotopic (exact) mass is 248 g/mol. The van der Waals surface area contributed by atoms with Gasteiger partial charge in [0.05, 0.1) is 12.7 Å². The first-order valence-electron chi connectivity index (χ1n) is 6.33. The van der Waals surface area contributed by atoms with Gasteiger partial charge in [0.25, 0.3) is 0 Å². The number of carbonyl (C=O) groups excluding carboxylic acids is 1. The molecule has 0 aromatic heterocycles. The molecule has 0 atom stereocenters. The second-order valence-corrected chi connectivity index (χ2v) is 4.76. The van der Waals surface area contributed by atoms with E-state index in [2.05, 4.69) is 17.3 Å². The van der Waals surface area contributed by atoms with E-state index in [4.69, 9.17) is 4.74 Å². The number of nitrogens with one attached hydrogen (secondary N) is 1. The van der Waals surface area contributed by atoms with Crippen LogP contribution in [0.1, 0.15) is 23.2 Å². The van der Waals surface area contributed by atoms with Crippen LogP contribution >= 0.6 is 0 Å². The van der Waals surface area contributed by atoms with Gasteiger partial charge < -0.3 is 15.0 Å². The van der Waals surface area contributed by atoms with E-state index in [9.17, 15) is 4.79 Å². The molecule has 4 nitrogen and oxygen atoms in total. The Labute approximate surface area is 108 Å². The molecule has 1 aromatic carbocycles. The Bertz CT molecular complexity index is 412. The summed E-state index contributed by atoms with van der Waals surface area (Å²) in [5, 5.41) is 3.46. The third-order valence-electron chi connectivity index (χ3n) is 3.41. The van der Waals surface area contributed by atoms with Gasteiger partial charge >= 0.3 is 5.97 Å². The number of likely N-dealkylation sites (tertiary alicyclic amines) is 1. The number of hydrogen-bond acceptors (Lipinski definition) is 4. The Balaban J connectivity index is 2.07. The summed E-state index contributed by atoms with van der Waals surface area (Å²) in [6, 6.07) is 7.95. The van der Waals surface area contributed by atoms with E-state index in [1.54, 1.807) is 6.07 Å². The second-order valence-electron chi connectivity index (χ2n) is 4.76. The Kier molecular flexibility index (Phi) is 4.20. The molecule has 1 saturated heterocycles. The lowest BCUT2D eigenvalue weighted by molar-refractivity contribution is 0.0601. The van der Waals surface area contributed by atoms with Crippen LogP contribution in [0.2, 0.25) is 0 Å². The SMILES string of the molecule is COC(=O)c1ccccc1NC1CCN(C)CC1. The summed E-state index contributed by atoms with van der Waals surface area (Å²) in [4.78, 5) is 14.0. The minimum Gasteiger partial charge on any atom is -0.465 e. The molecule has 0 radical (unpaired) electrons. The molecule has 0 amide bonds. The third kappa shape index (κ3) is 3.01. The lowest BCUT2D eigenvalue weighted by Crippen LogP contribution is -2.37. The number of benzene rings is 1. The maximum atomic E-state index is 11.7. The minimum atomic E-state index is -0.286. The summed E-state index contributed by atoms with van der Waals surface area (Å²) in [7, 11) is 3.55. The number of hydrogen-bond donors (Lipinski definition) is 1. The van der Waals surface area contributed by atoms with Crippen LogP contribution < -0.4 is 5.32 Å². The van der Waals surface area contributed by atoms with Crippen LogP contribution in [-0.4, -0.2) is 44.2 Å². The van der Waals surface area contributed by atoms with Gasteiger partial charge in [0.1, 0.15) is 0 Å². The topological polar surface area (TPSA) is 41.6 Å². The zero-order chi connectivity index (χ0) is 13.0. The van der Waals surface area contributed by atoms with Gasteiger partial charge in [-0.2, -0.15) is 0 Å². The van der Waals surface area contributed by atoms with Gasteiger partial charge in [-0.3, -0.25) is 0 Å². The fourth-order valence-electron chi connectivity index (χ4n) is 2.27.